The van der Waals surface area contributed by atoms with Gasteiger partial charge in [-0.3, -0.25) is 9.59 Å². The maximum Gasteiger partial charge on any atom is 0.289 e. The van der Waals surface area contributed by atoms with E-state index in [1.807, 2.05) is 0 Å². The first-order chi connectivity index (χ1) is 14.0. The third-order valence-electron chi connectivity index (χ3n) is 5.43. The summed E-state index contributed by atoms with van der Waals surface area (Å²) in [5, 5.41) is 1.74. The summed E-state index contributed by atoms with van der Waals surface area (Å²) in [5.74, 6) is -0.244. The van der Waals surface area contributed by atoms with E-state index < -0.39 is 10.0 Å². The van der Waals surface area contributed by atoms with Crippen molar-refractivity contribution in [3.63, 3.8) is 0 Å². The molecule has 10 heteroatoms. The average Bonchev–Trinajstić information content (AvgIpc) is 3.47. The first-order valence-electron chi connectivity index (χ1n) is 9.62. The Morgan fingerprint density at radius 1 is 1.03 bits per heavy atom. The lowest BCUT2D eigenvalue weighted by Crippen LogP contribution is -2.54. The third kappa shape index (κ3) is 4.10. The Morgan fingerprint density at radius 3 is 2.45 bits per heavy atom. The van der Waals surface area contributed by atoms with Crippen molar-refractivity contribution in [3.8, 4) is 0 Å². The number of piperazine rings is 1. The highest BCUT2D eigenvalue weighted by Crippen LogP contribution is 2.27. The number of rotatable bonds is 4. The van der Waals surface area contributed by atoms with Crippen LogP contribution in [-0.2, 0) is 14.8 Å². The Morgan fingerprint density at radius 2 is 1.79 bits per heavy atom. The molecule has 0 aliphatic carbocycles. The predicted octanol–water partition coefficient (Wildman–Crippen LogP) is 1.73. The maximum atomic E-state index is 13.0. The number of carbonyl (C=O) groups excluding carboxylic acids is 2. The van der Waals surface area contributed by atoms with Crippen LogP contribution in [-0.4, -0.2) is 73.6 Å². The van der Waals surface area contributed by atoms with Gasteiger partial charge in [0.2, 0.25) is 5.91 Å². The molecule has 2 aromatic rings. The quantitative estimate of drug-likeness (QED) is 0.727. The van der Waals surface area contributed by atoms with Crippen molar-refractivity contribution >= 4 is 33.2 Å². The van der Waals surface area contributed by atoms with Crippen LogP contribution < -0.4 is 0 Å². The Kier molecular flexibility index (Phi) is 5.75. The van der Waals surface area contributed by atoms with Crippen LogP contribution in [0.25, 0.3) is 0 Å². The monoisotopic (exact) mass is 437 g/mol. The van der Waals surface area contributed by atoms with Gasteiger partial charge in [-0.2, -0.15) is 4.31 Å². The van der Waals surface area contributed by atoms with Gasteiger partial charge in [0.1, 0.15) is 4.21 Å². The van der Waals surface area contributed by atoms with Crippen molar-refractivity contribution < 1.29 is 22.4 Å². The summed E-state index contributed by atoms with van der Waals surface area (Å²) >= 11 is 1.19. The molecule has 2 aromatic heterocycles. The number of furan rings is 1. The van der Waals surface area contributed by atoms with Gasteiger partial charge in [-0.25, -0.2) is 8.42 Å². The summed E-state index contributed by atoms with van der Waals surface area (Å²) in [7, 11) is -3.54. The molecule has 2 saturated heterocycles. The van der Waals surface area contributed by atoms with Crippen LogP contribution >= 0.6 is 11.3 Å². The van der Waals surface area contributed by atoms with Gasteiger partial charge in [0.05, 0.1) is 12.2 Å². The second-order valence-electron chi connectivity index (χ2n) is 7.23. The molecule has 1 atom stereocenters. The lowest BCUT2D eigenvalue weighted by molar-refractivity contribution is -0.138. The predicted molar refractivity (Wildman–Crippen MR) is 107 cm³/mol. The number of carbonyl (C=O) groups is 2. The number of hydrogen-bond acceptors (Lipinski definition) is 6. The van der Waals surface area contributed by atoms with Gasteiger partial charge in [-0.05, 0) is 36.4 Å². The lowest BCUT2D eigenvalue weighted by Gasteiger charge is -2.38. The molecular weight excluding hydrogens is 414 g/mol. The summed E-state index contributed by atoms with van der Waals surface area (Å²) in [5.41, 5.74) is 0. The molecule has 156 valence electrons. The second kappa shape index (κ2) is 8.29. The number of thiophene rings is 1. The zero-order valence-electron chi connectivity index (χ0n) is 15.9. The van der Waals surface area contributed by atoms with E-state index in [0.717, 1.165) is 0 Å². The Labute approximate surface area is 173 Å². The first-order valence-corrected chi connectivity index (χ1v) is 11.9. The second-order valence-corrected chi connectivity index (χ2v) is 10.3. The molecule has 2 aliphatic heterocycles. The maximum absolute atomic E-state index is 13.0. The minimum absolute atomic E-state index is 0.0267. The number of amides is 2. The van der Waals surface area contributed by atoms with Gasteiger partial charge in [-0.1, -0.05) is 6.07 Å². The van der Waals surface area contributed by atoms with E-state index in [1.54, 1.807) is 39.4 Å². The molecule has 0 N–H and O–H groups in total. The van der Waals surface area contributed by atoms with E-state index in [0.29, 0.717) is 55.5 Å². The van der Waals surface area contributed by atoms with E-state index >= 15 is 0 Å². The van der Waals surface area contributed by atoms with Crippen molar-refractivity contribution in [2.45, 2.75) is 17.1 Å². The summed E-state index contributed by atoms with van der Waals surface area (Å²) in [6.45, 7) is 2.42. The highest BCUT2D eigenvalue weighted by atomic mass is 32.2. The van der Waals surface area contributed by atoms with Crippen LogP contribution in [0.1, 0.15) is 23.4 Å². The molecule has 29 heavy (non-hydrogen) atoms. The average molecular weight is 438 g/mol. The normalized spacial score (nSPS) is 21.3. The van der Waals surface area contributed by atoms with Crippen molar-refractivity contribution in [1.82, 2.24) is 14.1 Å². The molecular formula is C19H23N3O5S2. The van der Waals surface area contributed by atoms with Gasteiger partial charge in [-0.15, -0.1) is 11.3 Å². The smallest absolute Gasteiger partial charge is 0.289 e. The SMILES string of the molecule is O=C(c1ccco1)N1CCN(C(=O)C2CCCN(S(=O)(=O)c3cccs3)C2)CC1. The first kappa shape index (κ1) is 20.1. The number of sulfonamides is 1. The molecule has 4 heterocycles. The van der Waals surface area contributed by atoms with Crippen molar-refractivity contribution in [2.75, 3.05) is 39.3 Å². The third-order valence-corrected chi connectivity index (χ3v) is 8.67. The van der Waals surface area contributed by atoms with Crippen molar-refractivity contribution in [3.05, 3.63) is 41.7 Å². The Hall–Kier alpha value is -2.17. The summed E-state index contributed by atoms with van der Waals surface area (Å²) < 4.78 is 32.5. The zero-order chi connectivity index (χ0) is 20.4. The van der Waals surface area contributed by atoms with Crippen LogP contribution in [0.3, 0.4) is 0 Å². The summed E-state index contributed by atoms with van der Waals surface area (Å²) in [6.07, 6.45) is 2.81. The molecule has 0 radical (unpaired) electrons. The summed E-state index contributed by atoms with van der Waals surface area (Å²) in [4.78, 5) is 28.8. The van der Waals surface area contributed by atoms with Gasteiger partial charge >= 0.3 is 0 Å². The van der Waals surface area contributed by atoms with Crippen LogP contribution in [0, 0.1) is 5.92 Å². The fraction of sp³-hybridized carbons (Fsp3) is 0.474. The molecule has 2 fully saturated rings. The molecule has 0 bridgehead atoms. The van der Waals surface area contributed by atoms with Gasteiger partial charge in [0.25, 0.3) is 15.9 Å². The van der Waals surface area contributed by atoms with E-state index in [-0.39, 0.29) is 24.3 Å². The number of piperidine rings is 1. The Bertz CT molecular complexity index is 948. The van der Waals surface area contributed by atoms with Gasteiger partial charge < -0.3 is 14.2 Å². The molecule has 4 rings (SSSR count). The molecule has 0 spiro atoms. The Balaban J connectivity index is 1.36. The fourth-order valence-electron chi connectivity index (χ4n) is 3.84. The fourth-order valence-corrected chi connectivity index (χ4v) is 6.51. The van der Waals surface area contributed by atoms with Crippen LogP contribution in [0.2, 0.25) is 0 Å². The van der Waals surface area contributed by atoms with E-state index in [2.05, 4.69) is 0 Å². The number of hydrogen-bond donors (Lipinski definition) is 0. The molecule has 2 amide bonds. The summed E-state index contributed by atoms with van der Waals surface area (Å²) in [6, 6.07) is 6.62. The van der Waals surface area contributed by atoms with Crippen LogP contribution in [0.4, 0.5) is 0 Å². The minimum atomic E-state index is -3.54. The van der Waals surface area contributed by atoms with Crippen molar-refractivity contribution in [1.29, 1.82) is 0 Å². The number of nitrogens with zero attached hydrogens (tertiary/aromatic N) is 3. The van der Waals surface area contributed by atoms with Gasteiger partial charge in [0, 0.05) is 39.3 Å². The molecule has 0 saturated carbocycles. The largest absolute Gasteiger partial charge is 0.459 e. The topological polar surface area (TPSA) is 91.1 Å². The standard InChI is InChI=1S/C19H23N3O5S2/c23-18(20-8-10-21(11-9-20)19(24)16-5-2-12-27-16)15-4-1-7-22(14-15)29(25,26)17-6-3-13-28-17/h2-3,5-6,12-13,15H,1,4,7-11,14H2. The van der Waals surface area contributed by atoms with Crippen LogP contribution in [0.5, 0.6) is 0 Å². The van der Waals surface area contributed by atoms with E-state index in [4.69, 9.17) is 4.42 Å². The van der Waals surface area contributed by atoms with Crippen molar-refractivity contribution in [2.24, 2.45) is 5.92 Å². The minimum Gasteiger partial charge on any atom is -0.459 e. The highest BCUT2D eigenvalue weighted by Gasteiger charge is 2.36. The van der Waals surface area contributed by atoms with Crippen LogP contribution in [0.15, 0.2) is 44.5 Å². The zero-order valence-corrected chi connectivity index (χ0v) is 17.5. The van der Waals surface area contributed by atoms with E-state index in [1.165, 1.54) is 21.9 Å². The van der Waals surface area contributed by atoms with E-state index in [9.17, 15) is 18.0 Å². The molecule has 1 unspecified atom stereocenters. The molecule has 2 aliphatic rings. The highest BCUT2D eigenvalue weighted by molar-refractivity contribution is 7.91. The lowest BCUT2D eigenvalue weighted by atomic mass is 9.97. The van der Waals surface area contributed by atoms with Gasteiger partial charge in [0.15, 0.2) is 5.76 Å². The molecule has 8 nitrogen and oxygen atoms in total. The molecule has 0 aromatic carbocycles.